The highest BCUT2D eigenvalue weighted by Crippen LogP contribution is 2.08. The van der Waals surface area contributed by atoms with Crippen molar-refractivity contribution >= 4 is 17.7 Å². The summed E-state index contributed by atoms with van der Waals surface area (Å²) in [7, 11) is 0. The third kappa shape index (κ3) is 11.3. The van der Waals surface area contributed by atoms with Gasteiger partial charge in [0, 0.05) is 0 Å². The van der Waals surface area contributed by atoms with Gasteiger partial charge in [-0.3, -0.25) is 4.79 Å². The summed E-state index contributed by atoms with van der Waals surface area (Å²) in [5.41, 5.74) is 5.69. The van der Waals surface area contributed by atoms with Gasteiger partial charge in [0.1, 0.15) is 6.04 Å². The molecule has 0 aliphatic carbocycles. The second kappa shape index (κ2) is 12.8. The lowest BCUT2D eigenvalue weighted by molar-refractivity contribution is -0.145. The summed E-state index contributed by atoms with van der Waals surface area (Å²) in [6.07, 6.45) is 8.00. The van der Waals surface area contributed by atoms with Crippen LogP contribution in [-0.4, -0.2) is 41.8 Å². The van der Waals surface area contributed by atoms with Crippen LogP contribution >= 0.6 is 11.8 Å². The van der Waals surface area contributed by atoms with E-state index in [9.17, 15) is 9.90 Å². The number of ether oxygens (including phenoxy) is 1. The van der Waals surface area contributed by atoms with Crippen LogP contribution in [0.5, 0.6) is 0 Å². The molecule has 0 aliphatic rings. The van der Waals surface area contributed by atoms with Gasteiger partial charge in [0.05, 0.1) is 12.7 Å². The molecular formula is C14H29NO3S. The first-order chi connectivity index (χ1) is 9.11. The molecule has 0 saturated heterocycles. The highest BCUT2D eigenvalue weighted by molar-refractivity contribution is 7.98. The third-order valence-corrected chi connectivity index (χ3v) is 3.65. The predicted octanol–water partition coefficient (Wildman–Crippen LogP) is 2.33. The molecule has 0 heterocycles. The van der Waals surface area contributed by atoms with Gasteiger partial charge in [-0.1, -0.05) is 26.2 Å². The molecule has 0 amide bonds. The minimum atomic E-state index is -0.512. The molecule has 5 heteroatoms. The number of esters is 1. The number of hydrogen-bond donors (Lipinski definition) is 2. The van der Waals surface area contributed by atoms with Gasteiger partial charge in [0.2, 0.25) is 0 Å². The first-order valence-electron chi connectivity index (χ1n) is 7.21. The maximum Gasteiger partial charge on any atom is 0.322 e. The number of hydrogen-bond acceptors (Lipinski definition) is 5. The summed E-state index contributed by atoms with van der Waals surface area (Å²) >= 11 is 1.67. The molecule has 2 unspecified atom stereocenters. The fourth-order valence-electron chi connectivity index (χ4n) is 1.74. The Morgan fingerprint density at radius 3 is 2.58 bits per heavy atom. The van der Waals surface area contributed by atoms with Crippen molar-refractivity contribution in [2.24, 2.45) is 5.73 Å². The minimum absolute atomic E-state index is 0.268. The van der Waals surface area contributed by atoms with Gasteiger partial charge >= 0.3 is 5.97 Å². The van der Waals surface area contributed by atoms with E-state index in [2.05, 4.69) is 6.92 Å². The lowest BCUT2D eigenvalue weighted by Crippen LogP contribution is -2.33. The van der Waals surface area contributed by atoms with Gasteiger partial charge in [0.25, 0.3) is 0 Å². The van der Waals surface area contributed by atoms with E-state index in [-0.39, 0.29) is 12.1 Å². The van der Waals surface area contributed by atoms with E-state index >= 15 is 0 Å². The monoisotopic (exact) mass is 291 g/mol. The van der Waals surface area contributed by atoms with Gasteiger partial charge in [0.15, 0.2) is 0 Å². The number of nitrogens with two attached hydrogens (primary N) is 1. The molecule has 0 bridgehead atoms. The maximum absolute atomic E-state index is 11.5. The summed E-state index contributed by atoms with van der Waals surface area (Å²) in [4.78, 5) is 11.5. The van der Waals surface area contributed by atoms with Crippen LogP contribution in [0.3, 0.4) is 0 Å². The van der Waals surface area contributed by atoms with Crippen LogP contribution < -0.4 is 5.73 Å². The smallest absolute Gasteiger partial charge is 0.322 e. The molecular weight excluding hydrogens is 262 g/mol. The van der Waals surface area contributed by atoms with Gasteiger partial charge in [-0.15, -0.1) is 0 Å². The molecule has 0 aromatic carbocycles. The number of thioether (sulfide) groups is 1. The van der Waals surface area contributed by atoms with E-state index in [1.54, 1.807) is 11.8 Å². The SMILES string of the molecule is CCCCCC(O)CCCOC(=O)C(N)CCSC. The normalized spacial score (nSPS) is 14.1. The zero-order valence-corrected chi connectivity index (χ0v) is 13.1. The average Bonchev–Trinajstić information content (AvgIpc) is 2.40. The molecule has 0 fully saturated rings. The number of aliphatic hydroxyl groups excluding tert-OH is 1. The van der Waals surface area contributed by atoms with Crippen molar-refractivity contribution in [3.8, 4) is 0 Å². The Kier molecular flexibility index (Phi) is 12.6. The molecule has 2 atom stereocenters. The van der Waals surface area contributed by atoms with Crippen molar-refractivity contribution in [1.29, 1.82) is 0 Å². The van der Waals surface area contributed by atoms with E-state index in [0.717, 1.165) is 31.4 Å². The van der Waals surface area contributed by atoms with E-state index in [1.165, 1.54) is 0 Å². The highest BCUT2D eigenvalue weighted by Gasteiger charge is 2.14. The number of rotatable bonds is 12. The van der Waals surface area contributed by atoms with Crippen LogP contribution in [0.2, 0.25) is 0 Å². The minimum Gasteiger partial charge on any atom is -0.465 e. The average molecular weight is 291 g/mol. The molecule has 0 saturated carbocycles. The van der Waals surface area contributed by atoms with Gasteiger partial charge < -0.3 is 15.6 Å². The van der Waals surface area contributed by atoms with Crippen molar-refractivity contribution in [3.63, 3.8) is 0 Å². The molecule has 19 heavy (non-hydrogen) atoms. The van der Waals surface area contributed by atoms with Crippen LogP contribution in [0.1, 0.15) is 51.9 Å². The largest absolute Gasteiger partial charge is 0.465 e. The van der Waals surface area contributed by atoms with Crippen molar-refractivity contribution in [1.82, 2.24) is 0 Å². The summed E-state index contributed by atoms with van der Waals surface area (Å²) < 4.78 is 5.09. The lowest BCUT2D eigenvalue weighted by atomic mass is 10.1. The standard InChI is InChI=1S/C14H29NO3S/c1-3-4-5-7-12(16)8-6-10-18-14(17)13(15)9-11-19-2/h12-13,16H,3-11,15H2,1-2H3. The first kappa shape index (κ1) is 18.7. The second-order valence-electron chi connectivity index (χ2n) is 4.85. The highest BCUT2D eigenvalue weighted by atomic mass is 32.2. The van der Waals surface area contributed by atoms with Crippen molar-refractivity contribution < 1.29 is 14.6 Å². The Labute approximate surface area is 121 Å². The molecule has 0 spiro atoms. The Balaban J connectivity index is 3.49. The first-order valence-corrected chi connectivity index (χ1v) is 8.60. The molecule has 0 rings (SSSR count). The van der Waals surface area contributed by atoms with Crippen LogP contribution in [-0.2, 0) is 9.53 Å². The summed E-state index contributed by atoms with van der Waals surface area (Å²) in [6.45, 7) is 2.50. The van der Waals surface area contributed by atoms with Crippen LogP contribution in [0, 0.1) is 0 Å². The Bertz CT molecular complexity index is 227. The fourth-order valence-corrected chi connectivity index (χ4v) is 2.23. The Morgan fingerprint density at radius 2 is 1.95 bits per heavy atom. The fraction of sp³-hybridized carbons (Fsp3) is 0.929. The van der Waals surface area contributed by atoms with Crippen molar-refractivity contribution in [2.45, 2.75) is 64.0 Å². The lowest BCUT2D eigenvalue weighted by Gasteiger charge is -2.12. The third-order valence-electron chi connectivity index (χ3n) is 3.00. The quantitative estimate of drug-likeness (QED) is 0.426. The molecule has 3 N–H and O–H groups in total. The zero-order chi connectivity index (χ0) is 14.5. The molecule has 0 radical (unpaired) electrons. The number of aliphatic hydroxyl groups is 1. The molecule has 0 aromatic heterocycles. The summed E-state index contributed by atoms with van der Waals surface area (Å²) in [5, 5.41) is 9.70. The van der Waals surface area contributed by atoms with Gasteiger partial charge in [-0.2, -0.15) is 11.8 Å². The van der Waals surface area contributed by atoms with E-state index in [0.29, 0.717) is 25.9 Å². The number of carbonyl (C=O) groups excluding carboxylic acids is 1. The Morgan fingerprint density at radius 1 is 1.26 bits per heavy atom. The van der Waals surface area contributed by atoms with E-state index in [1.807, 2.05) is 6.26 Å². The predicted molar refractivity (Wildman–Crippen MR) is 81.3 cm³/mol. The second-order valence-corrected chi connectivity index (χ2v) is 5.83. The molecule has 0 aromatic rings. The van der Waals surface area contributed by atoms with E-state index < -0.39 is 6.04 Å². The van der Waals surface area contributed by atoms with Gasteiger partial charge in [-0.25, -0.2) is 0 Å². The summed E-state index contributed by atoms with van der Waals surface area (Å²) in [5.74, 6) is 0.543. The van der Waals surface area contributed by atoms with Crippen LogP contribution in [0.25, 0.3) is 0 Å². The maximum atomic E-state index is 11.5. The molecule has 4 nitrogen and oxygen atoms in total. The summed E-state index contributed by atoms with van der Waals surface area (Å²) in [6, 6.07) is -0.512. The molecule has 0 aliphatic heterocycles. The van der Waals surface area contributed by atoms with Gasteiger partial charge in [-0.05, 0) is 37.7 Å². The van der Waals surface area contributed by atoms with E-state index in [4.69, 9.17) is 10.5 Å². The van der Waals surface area contributed by atoms with Crippen molar-refractivity contribution in [2.75, 3.05) is 18.6 Å². The van der Waals surface area contributed by atoms with Crippen molar-refractivity contribution in [3.05, 3.63) is 0 Å². The zero-order valence-electron chi connectivity index (χ0n) is 12.3. The molecule has 114 valence electrons. The Hall–Kier alpha value is -0.260. The van der Waals surface area contributed by atoms with Crippen LogP contribution in [0.4, 0.5) is 0 Å². The van der Waals surface area contributed by atoms with Crippen LogP contribution in [0.15, 0.2) is 0 Å². The number of carbonyl (C=O) groups is 1. The number of unbranched alkanes of at least 4 members (excludes halogenated alkanes) is 2. The topological polar surface area (TPSA) is 72.5 Å².